The van der Waals surface area contributed by atoms with Crippen LogP contribution in [-0.2, 0) is 11.3 Å². The van der Waals surface area contributed by atoms with Gasteiger partial charge in [-0.15, -0.1) is 0 Å². The number of aliphatic imine (C=N–C) groups is 1. The van der Waals surface area contributed by atoms with Crippen LogP contribution < -0.4 is 0 Å². The molecule has 1 heterocycles. The summed E-state index contributed by atoms with van der Waals surface area (Å²) < 4.78 is 6.09. The second kappa shape index (κ2) is 5.37. The lowest BCUT2D eigenvalue weighted by Crippen LogP contribution is -2.12. The Morgan fingerprint density at radius 1 is 1.05 bits per heavy atom. The molecule has 1 aliphatic heterocycles. The molecule has 2 nitrogen and oxygen atoms in total. The first-order chi connectivity index (χ1) is 9.33. The molecule has 0 bridgehead atoms. The third-order valence-corrected chi connectivity index (χ3v) is 3.37. The second-order valence-electron chi connectivity index (χ2n) is 4.90. The van der Waals surface area contributed by atoms with Gasteiger partial charge in [0.15, 0.2) is 0 Å². The topological polar surface area (TPSA) is 21.6 Å². The molecule has 0 aromatic heterocycles. The summed E-state index contributed by atoms with van der Waals surface area (Å²) in [6.07, 6.45) is 0.998. The van der Waals surface area contributed by atoms with Crippen molar-refractivity contribution in [1.29, 1.82) is 0 Å². The molecular formula is C17H17NO. The molecule has 0 N–H and O–H groups in total. The van der Waals surface area contributed by atoms with E-state index >= 15 is 0 Å². The van der Waals surface area contributed by atoms with Crippen molar-refractivity contribution in [3.8, 4) is 0 Å². The number of hydrogen-bond acceptors (Lipinski definition) is 2. The average Bonchev–Trinajstić information content (AvgIpc) is 2.45. The van der Waals surface area contributed by atoms with Gasteiger partial charge in [-0.25, -0.2) is 0 Å². The van der Waals surface area contributed by atoms with Crippen molar-refractivity contribution in [1.82, 2.24) is 0 Å². The first-order valence-corrected chi connectivity index (χ1v) is 6.61. The maximum absolute atomic E-state index is 6.09. The summed E-state index contributed by atoms with van der Waals surface area (Å²) in [4.78, 5) is 4.59. The van der Waals surface area contributed by atoms with Crippen molar-refractivity contribution < 1.29 is 4.74 Å². The molecule has 96 valence electrons. The van der Waals surface area contributed by atoms with E-state index in [0.29, 0.717) is 6.61 Å². The van der Waals surface area contributed by atoms with Gasteiger partial charge in [0, 0.05) is 17.7 Å². The van der Waals surface area contributed by atoms with Crippen LogP contribution in [0, 0.1) is 0 Å². The molecule has 2 aromatic rings. The third kappa shape index (κ3) is 2.74. The normalized spacial score (nSPS) is 17.7. The summed E-state index contributed by atoms with van der Waals surface area (Å²) in [5.41, 5.74) is 4.59. The van der Waals surface area contributed by atoms with Gasteiger partial charge in [-0.2, -0.15) is 0 Å². The first-order valence-electron chi connectivity index (χ1n) is 6.61. The number of hydrogen-bond donors (Lipinski definition) is 0. The Balaban J connectivity index is 1.77. The lowest BCUT2D eigenvalue weighted by Gasteiger charge is -2.24. The molecule has 0 saturated heterocycles. The Morgan fingerprint density at radius 3 is 2.63 bits per heavy atom. The molecule has 0 radical (unpaired) electrons. The Bertz CT molecular complexity index is 589. The van der Waals surface area contributed by atoms with Crippen LogP contribution in [0.4, 0.5) is 5.69 Å². The molecule has 0 saturated carbocycles. The van der Waals surface area contributed by atoms with Crippen LogP contribution in [0.5, 0.6) is 0 Å². The Labute approximate surface area is 113 Å². The summed E-state index contributed by atoms with van der Waals surface area (Å²) in [7, 11) is 0. The molecule has 2 aromatic carbocycles. The van der Waals surface area contributed by atoms with Crippen LogP contribution in [0.3, 0.4) is 0 Å². The van der Waals surface area contributed by atoms with E-state index in [2.05, 4.69) is 36.2 Å². The Morgan fingerprint density at radius 2 is 1.79 bits per heavy atom. The van der Waals surface area contributed by atoms with Crippen LogP contribution in [0.2, 0.25) is 0 Å². The summed E-state index contributed by atoms with van der Waals surface area (Å²) in [5, 5.41) is 0. The minimum atomic E-state index is 0.119. The summed E-state index contributed by atoms with van der Waals surface area (Å²) in [6.45, 7) is 2.71. The highest BCUT2D eigenvalue weighted by Gasteiger charge is 2.20. The van der Waals surface area contributed by atoms with Gasteiger partial charge in [-0.3, -0.25) is 4.99 Å². The minimum Gasteiger partial charge on any atom is -0.368 e. The number of benzene rings is 2. The highest BCUT2D eigenvalue weighted by atomic mass is 16.5. The fourth-order valence-corrected chi connectivity index (χ4v) is 2.41. The van der Waals surface area contributed by atoms with Gasteiger partial charge in [0.2, 0.25) is 0 Å². The predicted octanol–water partition coefficient (Wildman–Crippen LogP) is 4.44. The first kappa shape index (κ1) is 12.1. The zero-order chi connectivity index (χ0) is 13.1. The molecule has 0 unspecified atom stereocenters. The number of fused-ring (bicyclic) bond motifs is 1. The predicted molar refractivity (Wildman–Crippen MR) is 77.8 cm³/mol. The number of rotatable bonds is 3. The number of para-hydroxylation sites is 1. The Kier molecular flexibility index (Phi) is 3.43. The van der Waals surface area contributed by atoms with E-state index in [4.69, 9.17) is 4.74 Å². The summed E-state index contributed by atoms with van der Waals surface area (Å²) in [5.74, 6) is 0. The molecule has 3 rings (SSSR count). The molecule has 1 atom stereocenters. The molecule has 0 aliphatic carbocycles. The fourth-order valence-electron chi connectivity index (χ4n) is 2.41. The minimum absolute atomic E-state index is 0.119. The van der Waals surface area contributed by atoms with Crippen molar-refractivity contribution in [3.63, 3.8) is 0 Å². The van der Waals surface area contributed by atoms with E-state index in [1.807, 2.05) is 30.3 Å². The molecule has 2 heteroatoms. The number of ether oxygens (including phenoxy) is 1. The fraction of sp³-hybridized carbons (Fsp3) is 0.235. The second-order valence-corrected chi connectivity index (χ2v) is 4.90. The van der Waals surface area contributed by atoms with E-state index in [-0.39, 0.29) is 6.10 Å². The lowest BCUT2D eigenvalue weighted by atomic mass is 9.99. The van der Waals surface area contributed by atoms with E-state index in [9.17, 15) is 0 Å². The zero-order valence-corrected chi connectivity index (χ0v) is 11.0. The van der Waals surface area contributed by atoms with Gasteiger partial charge in [0.1, 0.15) is 0 Å². The lowest BCUT2D eigenvalue weighted by molar-refractivity contribution is 0.0440. The SMILES string of the molecule is CC1=Nc2ccccc2[C@@H](OCc2ccccc2)C1. The van der Waals surface area contributed by atoms with Crippen LogP contribution in [0.15, 0.2) is 59.6 Å². The van der Waals surface area contributed by atoms with Gasteiger partial charge in [-0.05, 0) is 18.6 Å². The van der Waals surface area contributed by atoms with Crippen molar-refractivity contribution in [2.24, 2.45) is 4.99 Å². The van der Waals surface area contributed by atoms with Crippen LogP contribution in [0.1, 0.15) is 30.6 Å². The Hall–Kier alpha value is -1.93. The van der Waals surface area contributed by atoms with Gasteiger partial charge >= 0.3 is 0 Å². The molecule has 1 aliphatic rings. The maximum Gasteiger partial charge on any atom is 0.0902 e. The zero-order valence-electron chi connectivity index (χ0n) is 11.0. The quantitative estimate of drug-likeness (QED) is 0.790. The summed E-state index contributed by atoms with van der Waals surface area (Å²) >= 11 is 0. The molecule has 0 fully saturated rings. The van der Waals surface area contributed by atoms with Crippen molar-refractivity contribution in [3.05, 3.63) is 65.7 Å². The summed E-state index contributed by atoms with van der Waals surface area (Å²) in [6, 6.07) is 18.5. The van der Waals surface area contributed by atoms with E-state index in [0.717, 1.165) is 17.8 Å². The smallest absolute Gasteiger partial charge is 0.0902 e. The standard InChI is InChI=1S/C17H17NO/c1-13-11-17(15-9-5-6-10-16(15)18-13)19-12-14-7-3-2-4-8-14/h2-10,17H,11-12H2,1H3/t17-/m0/s1. The van der Waals surface area contributed by atoms with Crippen LogP contribution >= 0.6 is 0 Å². The van der Waals surface area contributed by atoms with Gasteiger partial charge < -0.3 is 4.74 Å². The number of nitrogens with zero attached hydrogens (tertiary/aromatic N) is 1. The third-order valence-electron chi connectivity index (χ3n) is 3.37. The van der Waals surface area contributed by atoms with Gasteiger partial charge in [0.25, 0.3) is 0 Å². The van der Waals surface area contributed by atoms with Gasteiger partial charge in [-0.1, -0.05) is 48.5 Å². The van der Waals surface area contributed by atoms with Crippen LogP contribution in [-0.4, -0.2) is 5.71 Å². The average molecular weight is 251 g/mol. The van der Waals surface area contributed by atoms with Crippen molar-refractivity contribution in [2.45, 2.75) is 26.1 Å². The molecule has 0 spiro atoms. The van der Waals surface area contributed by atoms with Crippen molar-refractivity contribution in [2.75, 3.05) is 0 Å². The largest absolute Gasteiger partial charge is 0.368 e. The van der Waals surface area contributed by atoms with E-state index in [1.54, 1.807) is 0 Å². The monoisotopic (exact) mass is 251 g/mol. The van der Waals surface area contributed by atoms with Crippen LogP contribution in [0.25, 0.3) is 0 Å². The molecule has 19 heavy (non-hydrogen) atoms. The van der Waals surface area contributed by atoms with E-state index < -0.39 is 0 Å². The molecular weight excluding hydrogens is 234 g/mol. The van der Waals surface area contributed by atoms with E-state index in [1.165, 1.54) is 11.1 Å². The highest BCUT2D eigenvalue weighted by Crippen LogP contribution is 2.35. The van der Waals surface area contributed by atoms with Crippen molar-refractivity contribution >= 4 is 11.4 Å². The molecule has 0 amide bonds. The highest BCUT2D eigenvalue weighted by molar-refractivity contribution is 5.87. The maximum atomic E-state index is 6.09. The van der Waals surface area contributed by atoms with Gasteiger partial charge in [0.05, 0.1) is 18.4 Å².